The molecule has 0 aliphatic carbocycles. The predicted octanol–water partition coefficient (Wildman–Crippen LogP) is 2.93. The van der Waals surface area contributed by atoms with Crippen molar-refractivity contribution in [3.8, 4) is 11.5 Å². The number of unbranched alkanes of at least 4 members (excludes halogenated alkanes) is 3. The van der Waals surface area contributed by atoms with Gasteiger partial charge in [0.1, 0.15) is 11.5 Å². The van der Waals surface area contributed by atoms with Gasteiger partial charge in [0, 0.05) is 18.5 Å². The van der Waals surface area contributed by atoms with Gasteiger partial charge >= 0.3 is 0 Å². The third kappa shape index (κ3) is 5.39. The third-order valence-corrected chi connectivity index (χ3v) is 3.06. The lowest BCUT2D eigenvalue weighted by Crippen LogP contribution is -2.24. The summed E-state index contributed by atoms with van der Waals surface area (Å²) in [5, 5.41) is 12.5. The number of halogens is 1. The number of aromatic hydroxyl groups is 1. The average molecular weight is 286 g/mol. The van der Waals surface area contributed by atoms with Crippen molar-refractivity contribution >= 4 is 17.5 Å². The first kappa shape index (κ1) is 15.6. The molecule has 0 saturated carbocycles. The highest BCUT2D eigenvalue weighted by Gasteiger charge is 2.11. The normalized spacial score (nSPS) is 10.2. The molecule has 106 valence electrons. The molecule has 1 rings (SSSR count). The summed E-state index contributed by atoms with van der Waals surface area (Å²) in [6, 6.07) is 4.63. The van der Waals surface area contributed by atoms with Crippen molar-refractivity contribution in [3.63, 3.8) is 0 Å². The molecule has 0 fully saturated rings. The fourth-order valence-corrected chi connectivity index (χ4v) is 1.89. The Labute approximate surface area is 118 Å². The van der Waals surface area contributed by atoms with Crippen molar-refractivity contribution in [2.75, 3.05) is 19.5 Å². The van der Waals surface area contributed by atoms with Crippen LogP contribution in [-0.4, -0.2) is 30.5 Å². The van der Waals surface area contributed by atoms with Crippen molar-refractivity contribution in [2.45, 2.75) is 25.7 Å². The number of carbonyl (C=O) groups is 1. The Bertz CT molecular complexity index is 410. The number of hydrogen-bond donors (Lipinski definition) is 2. The smallest absolute Gasteiger partial charge is 0.255 e. The molecule has 0 saturated heterocycles. The van der Waals surface area contributed by atoms with Gasteiger partial charge in [-0.3, -0.25) is 4.79 Å². The van der Waals surface area contributed by atoms with Gasteiger partial charge in [0.05, 0.1) is 12.7 Å². The van der Waals surface area contributed by atoms with Crippen molar-refractivity contribution in [3.05, 3.63) is 23.8 Å². The number of amides is 1. The molecule has 1 amide bonds. The number of benzene rings is 1. The minimum absolute atomic E-state index is 0.0704. The Morgan fingerprint density at radius 3 is 2.68 bits per heavy atom. The molecule has 0 atom stereocenters. The van der Waals surface area contributed by atoms with Gasteiger partial charge in [0.2, 0.25) is 0 Å². The SMILES string of the molecule is COc1ccc(C(=O)NCCCCCCCl)c(O)c1. The molecule has 0 radical (unpaired) electrons. The van der Waals surface area contributed by atoms with E-state index in [0.29, 0.717) is 18.2 Å². The lowest BCUT2D eigenvalue weighted by atomic mass is 10.1. The number of ether oxygens (including phenoxy) is 1. The van der Waals surface area contributed by atoms with Crippen LogP contribution in [-0.2, 0) is 0 Å². The van der Waals surface area contributed by atoms with Crippen LogP contribution in [0.4, 0.5) is 0 Å². The summed E-state index contributed by atoms with van der Waals surface area (Å²) >= 11 is 5.58. The maximum absolute atomic E-state index is 11.8. The first-order valence-corrected chi connectivity index (χ1v) is 6.93. The van der Waals surface area contributed by atoms with E-state index in [-0.39, 0.29) is 17.2 Å². The van der Waals surface area contributed by atoms with Crippen LogP contribution in [0.2, 0.25) is 0 Å². The quantitative estimate of drug-likeness (QED) is 0.570. The molecular formula is C14H20ClNO3. The molecule has 0 aliphatic rings. The molecule has 0 heterocycles. The number of alkyl halides is 1. The van der Waals surface area contributed by atoms with Crippen LogP contribution in [0.3, 0.4) is 0 Å². The van der Waals surface area contributed by atoms with E-state index in [1.165, 1.54) is 13.2 Å². The first-order chi connectivity index (χ1) is 9.19. The molecule has 0 aromatic heterocycles. The summed E-state index contributed by atoms with van der Waals surface area (Å²) in [6.45, 7) is 0.604. The zero-order chi connectivity index (χ0) is 14.1. The van der Waals surface area contributed by atoms with E-state index in [0.717, 1.165) is 25.7 Å². The second kappa shape index (κ2) is 8.64. The Morgan fingerprint density at radius 1 is 1.32 bits per heavy atom. The Kier molecular flexibility index (Phi) is 7.11. The van der Waals surface area contributed by atoms with E-state index in [9.17, 15) is 9.90 Å². The maximum atomic E-state index is 11.8. The van der Waals surface area contributed by atoms with Gasteiger partial charge in [-0.05, 0) is 25.0 Å². The second-order valence-corrected chi connectivity index (χ2v) is 4.62. The summed E-state index contributed by atoms with van der Waals surface area (Å²) in [5.41, 5.74) is 0.265. The first-order valence-electron chi connectivity index (χ1n) is 6.40. The maximum Gasteiger partial charge on any atom is 0.255 e. The summed E-state index contributed by atoms with van der Waals surface area (Å²) in [5.74, 6) is 0.873. The van der Waals surface area contributed by atoms with Gasteiger partial charge in [-0.2, -0.15) is 0 Å². The zero-order valence-corrected chi connectivity index (χ0v) is 11.9. The van der Waals surface area contributed by atoms with Gasteiger partial charge in [-0.15, -0.1) is 11.6 Å². The van der Waals surface area contributed by atoms with Gasteiger partial charge < -0.3 is 15.2 Å². The fraction of sp³-hybridized carbons (Fsp3) is 0.500. The van der Waals surface area contributed by atoms with E-state index in [1.807, 2.05) is 0 Å². The molecule has 0 spiro atoms. The molecule has 1 aromatic rings. The molecular weight excluding hydrogens is 266 g/mol. The van der Waals surface area contributed by atoms with Crippen LogP contribution in [0.15, 0.2) is 18.2 Å². The number of hydrogen-bond acceptors (Lipinski definition) is 3. The van der Waals surface area contributed by atoms with Crippen LogP contribution >= 0.6 is 11.6 Å². The van der Waals surface area contributed by atoms with E-state index in [2.05, 4.69) is 5.32 Å². The summed E-state index contributed by atoms with van der Waals surface area (Å²) in [4.78, 5) is 11.8. The van der Waals surface area contributed by atoms with E-state index in [4.69, 9.17) is 16.3 Å². The largest absolute Gasteiger partial charge is 0.507 e. The third-order valence-electron chi connectivity index (χ3n) is 2.80. The topological polar surface area (TPSA) is 58.6 Å². The van der Waals surface area contributed by atoms with Crippen LogP contribution in [0.5, 0.6) is 11.5 Å². The average Bonchev–Trinajstić information content (AvgIpc) is 2.42. The van der Waals surface area contributed by atoms with Gasteiger partial charge in [-0.25, -0.2) is 0 Å². The number of rotatable bonds is 8. The number of phenols is 1. The Morgan fingerprint density at radius 2 is 2.05 bits per heavy atom. The lowest BCUT2D eigenvalue weighted by molar-refractivity contribution is 0.0950. The minimum Gasteiger partial charge on any atom is -0.507 e. The van der Waals surface area contributed by atoms with E-state index in [1.54, 1.807) is 12.1 Å². The molecule has 4 nitrogen and oxygen atoms in total. The number of nitrogens with one attached hydrogen (secondary N) is 1. The summed E-state index contributed by atoms with van der Waals surface area (Å²) in [7, 11) is 1.51. The van der Waals surface area contributed by atoms with Crippen LogP contribution in [0.1, 0.15) is 36.0 Å². The predicted molar refractivity (Wildman–Crippen MR) is 76.2 cm³/mol. The number of carbonyl (C=O) groups excluding carboxylic acids is 1. The van der Waals surface area contributed by atoms with Gasteiger partial charge in [0.15, 0.2) is 0 Å². The summed E-state index contributed by atoms with van der Waals surface area (Å²) in [6.07, 6.45) is 4.04. The van der Waals surface area contributed by atoms with Crippen LogP contribution in [0, 0.1) is 0 Å². The number of phenolic OH excluding ortho intramolecular Hbond substituents is 1. The van der Waals surface area contributed by atoms with Crippen molar-refractivity contribution in [1.82, 2.24) is 5.32 Å². The highest BCUT2D eigenvalue weighted by molar-refractivity contribution is 6.17. The molecule has 19 heavy (non-hydrogen) atoms. The Hall–Kier alpha value is -1.42. The zero-order valence-electron chi connectivity index (χ0n) is 11.1. The van der Waals surface area contributed by atoms with Crippen LogP contribution in [0.25, 0.3) is 0 Å². The monoisotopic (exact) mass is 285 g/mol. The number of methoxy groups -OCH3 is 1. The molecule has 0 bridgehead atoms. The molecule has 0 unspecified atom stereocenters. The Balaban J connectivity index is 2.37. The molecule has 0 aliphatic heterocycles. The molecule has 1 aromatic carbocycles. The van der Waals surface area contributed by atoms with Gasteiger partial charge in [0.25, 0.3) is 5.91 Å². The van der Waals surface area contributed by atoms with Gasteiger partial charge in [-0.1, -0.05) is 12.8 Å². The molecule has 2 N–H and O–H groups in total. The summed E-state index contributed by atoms with van der Waals surface area (Å²) < 4.78 is 4.96. The fourth-order valence-electron chi connectivity index (χ4n) is 1.70. The lowest BCUT2D eigenvalue weighted by Gasteiger charge is -2.08. The van der Waals surface area contributed by atoms with Crippen molar-refractivity contribution < 1.29 is 14.6 Å². The highest BCUT2D eigenvalue weighted by Crippen LogP contribution is 2.23. The standard InChI is InChI=1S/C14H20ClNO3/c1-19-11-6-7-12(13(17)10-11)14(18)16-9-5-3-2-4-8-15/h6-7,10,17H,2-5,8-9H2,1H3,(H,16,18). The van der Waals surface area contributed by atoms with Crippen molar-refractivity contribution in [2.24, 2.45) is 0 Å². The van der Waals surface area contributed by atoms with Crippen molar-refractivity contribution in [1.29, 1.82) is 0 Å². The van der Waals surface area contributed by atoms with E-state index < -0.39 is 0 Å². The highest BCUT2D eigenvalue weighted by atomic mass is 35.5. The van der Waals surface area contributed by atoms with E-state index >= 15 is 0 Å². The second-order valence-electron chi connectivity index (χ2n) is 4.24. The molecule has 5 heteroatoms. The minimum atomic E-state index is -0.266. The van der Waals surface area contributed by atoms with Crippen LogP contribution < -0.4 is 10.1 Å².